The van der Waals surface area contributed by atoms with Crippen LogP contribution in [0.3, 0.4) is 0 Å². The van der Waals surface area contributed by atoms with Gasteiger partial charge in [0.05, 0.1) is 24.1 Å². The van der Waals surface area contributed by atoms with Gasteiger partial charge in [-0.2, -0.15) is 0 Å². The van der Waals surface area contributed by atoms with Gasteiger partial charge in [0.1, 0.15) is 18.5 Å². The Bertz CT molecular complexity index is 1120. The largest absolute Gasteiger partial charge is 0.490 e. The summed E-state index contributed by atoms with van der Waals surface area (Å²) in [4.78, 5) is 41.1. The van der Waals surface area contributed by atoms with Crippen LogP contribution in [0.1, 0.15) is 29.6 Å². The van der Waals surface area contributed by atoms with Crippen molar-refractivity contribution < 1.29 is 23.9 Å². The van der Waals surface area contributed by atoms with E-state index in [9.17, 15) is 14.4 Å². The summed E-state index contributed by atoms with van der Waals surface area (Å²) in [5, 5.41) is 5.96. The number of ether oxygens (including phenoxy) is 2. The Labute approximate surface area is 209 Å². The van der Waals surface area contributed by atoms with Gasteiger partial charge in [0, 0.05) is 37.5 Å². The van der Waals surface area contributed by atoms with E-state index in [1.165, 1.54) is 0 Å². The summed E-state index contributed by atoms with van der Waals surface area (Å²) in [6, 6.07) is 11.1. The third-order valence-corrected chi connectivity index (χ3v) is 6.49. The van der Waals surface area contributed by atoms with Crippen molar-refractivity contribution in [1.82, 2.24) is 9.80 Å². The monoisotopic (exact) mass is 500 g/mol. The highest BCUT2D eigenvalue weighted by Crippen LogP contribution is 2.32. The van der Waals surface area contributed by atoms with Gasteiger partial charge in [0.25, 0.3) is 5.91 Å². The first-order valence-corrected chi connectivity index (χ1v) is 11.8. The zero-order valence-electron chi connectivity index (χ0n) is 19.9. The Morgan fingerprint density at radius 2 is 1.86 bits per heavy atom. The van der Waals surface area contributed by atoms with Crippen molar-refractivity contribution >= 4 is 40.8 Å². The molecule has 0 unspecified atom stereocenters. The van der Waals surface area contributed by atoms with Crippen molar-refractivity contribution in [3.8, 4) is 5.75 Å². The number of hydrogen-bond donors (Lipinski definition) is 2. The fourth-order valence-corrected chi connectivity index (χ4v) is 4.53. The number of amides is 4. The van der Waals surface area contributed by atoms with Crippen LogP contribution in [0.2, 0.25) is 5.02 Å². The SMILES string of the molecule is CN(C)C(=O)C[C@@H]1CC[C@H]2[C@H](COc3ccc(NC(=O)Nc4cccc(Cl)c4)cc3C(=O)N2C)O1. The predicted molar refractivity (Wildman–Crippen MR) is 133 cm³/mol. The molecule has 2 N–H and O–H groups in total. The molecule has 2 aliphatic rings. The van der Waals surface area contributed by atoms with Crippen molar-refractivity contribution in [2.75, 3.05) is 38.4 Å². The van der Waals surface area contributed by atoms with Crippen molar-refractivity contribution in [3.05, 3.63) is 53.1 Å². The number of benzene rings is 2. The topological polar surface area (TPSA) is 100 Å². The van der Waals surface area contributed by atoms with Gasteiger partial charge in [-0.15, -0.1) is 0 Å². The number of nitrogens with zero attached hydrogens (tertiary/aromatic N) is 2. The fourth-order valence-electron chi connectivity index (χ4n) is 4.34. The number of nitrogens with one attached hydrogen (secondary N) is 2. The lowest BCUT2D eigenvalue weighted by atomic mass is 9.94. The van der Waals surface area contributed by atoms with Crippen LogP contribution in [0.25, 0.3) is 0 Å². The number of halogens is 1. The molecule has 1 saturated heterocycles. The summed E-state index contributed by atoms with van der Waals surface area (Å²) in [7, 11) is 5.19. The van der Waals surface area contributed by atoms with Gasteiger partial charge in [-0.05, 0) is 49.2 Å². The summed E-state index contributed by atoms with van der Waals surface area (Å²) in [5.74, 6) is 0.200. The summed E-state index contributed by atoms with van der Waals surface area (Å²) < 4.78 is 12.2. The smallest absolute Gasteiger partial charge is 0.323 e. The third-order valence-electron chi connectivity index (χ3n) is 6.25. The minimum absolute atomic E-state index is 0.00872. The molecule has 1 fully saturated rings. The normalized spacial score (nSPS) is 21.5. The number of urea groups is 1. The van der Waals surface area contributed by atoms with Crippen LogP contribution in [0, 0.1) is 0 Å². The van der Waals surface area contributed by atoms with Crippen LogP contribution in [-0.2, 0) is 9.53 Å². The Morgan fingerprint density at radius 3 is 2.57 bits per heavy atom. The fraction of sp³-hybridized carbons (Fsp3) is 0.400. The van der Waals surface area contributed by atoms with Crippen LogP contribution in [0.5, 0.6) is 5.75 Å². The molecule has 3 atom stereocenters. The van der Waals surface area contributed by atoms with E-state index in [2.05, 4.69) is 10.6 Å². The van der Waals surface area contributed by atoms with Gasteiger partial charge < -0.3 is 29.9 Å². The van der Waals surface area contributed by atoms with E-state index >= 15 is 0 Å². The second-order valence-corrected chi connectivity index (χ2v) is 9.40. The van der Waals surface area contributed by atoms with E-state index < -0.39 is 6.03 Å². The molecule has 0 aromatic heterocycles. The van der Waals surface area contributed by atoms with Crippen LogP contribution < -0.4 is 15.4 Å². The zero-order valence-corrected chi connectivity index (χ0v) is 20.7. The number of anilines is 2. The molecule has 2 aromatic rings. The molecule has 10 heteroatoms. The van der Waals surface area contributed by atoms with Gasteiger partial charge >= 0.3 is 6.03 Å². The zero-order chi connectivity index (χ0) is 25.1. The van der Waals surface area contributed by atoms with Crippen molar-refractivity contribution in [1.29, 1.82) is 0 Å². The lowest BCUT2D eigenvalue weighted by Crippen LogP contribution is -2.53. The molecule has 0 radical (unpaired) electrons. The Balaban J connectivity index is 1.46. The predicted octanol–water partition coefficient (Wildman–Crippen LogP) is 3.84. The molecule has 0 bridgehead atoms. The summed E-state index contributed by atoms with van der Waals surface area (Å²) in [6.45, 7) is 0.254. The number of carbonyl (C=O) groups is 3. The Morgan fingerprint density at radius 1 is 1.11 bits per heavy atom. The Hall–Kier alpha value is -3.30. The maximum atomic E-state index is 13.3. The highest BCUT2D eigenvalue weighted by Gasteiger charge is 2.39. The number of rotatable bonds is 4. The Kier molecular flexibility index (Phi) is 7.47. The van der Waals surface area contributed by atoms with E-state index in [4.69, 9.17) is 21.1 Å². The summed E-state index contributed by atoms with van der Waals surface area (Å²) >= 11 is 5.96. The second-order valence-electron chi connectivity index (χ2n) is 8.96. The molecular weight excluding hydrogens is 472 g/mol. The number of hydrogen-bond acceptors (Lipinski definition) is 5. The maximum absolute atomic E-state index is 13.3. The molecule has 0 aliphatic carbocycles. The molecule has 4 rings (SSSR count). The standard InChI is InChI=1S/C25H29ClN4O5/c1-29(2)23(31)13-18-8-9-20-22(35-18)14-34-21-10-7-17(12-19(21)24(32)30(20)3)28-25(33)27-16-6-4-5-15(26)11-16/h4-7,10-12,18,20,22H,8-9,13-14H2,1-3H3,(H2,27,28,33)/t18-,20-,22-/m0/s1. The van der Waals surface area contributed by atoms with E-state index in [0.29, 0.717) is 47.0 Å². The van der Waals surface area contributed by atoms with Crippen LogP contribution in [0.15, 0.2) is 42.5 Å². The number of likely N-dealkylation sites (N-methyl/N-ethyl adjacent to an activating group) is 1. The van der Waals surface area contributed by atoms with Gasteiger partial charge in [0.15, 0.2) is 0 Å². The molecule has 9 nitrogen and oxygen atoms in total. The highest BCUT2D eigenvalue weighted by atomic mass is 35.5. The second kappa shape index (κ2) is 10.5. The molecule has 0 spiro atoms. The van der Waals surface area contributed by atoms with Crippen molar-refractivity contribution in [2.45, 2.75) is 37.5 Å². The molecule has 35 heavy (non-hydrogen) atoms. The molecule has 2 heterocycles. The minimum atomic E-state index is -0.459. The van der Waals surface area contributed by atoms with E-state index in [1.807, 2.05) is 0 Å². The van der Waals surface area contributed by atoms with Crippen molar-refractivity contribution in [3.63, 3.8) is 0 Å². The average Bonchev–Trinajstić information content (AvgIpc) is 2.81. The van der Waals surface area contributed by atoms with Crippen LogP contribution in [0.4, 0.5) is 16.2 Å². The first kappa shape index (κ1) is 24.8. The van der Waals surface area contributed by atoms with Crippen molar-refractivity contribution in [2.24, 2.45) is 0 Å². The molecule has 4 amide bonds. The van der Waals surface area contributed by atoms with E-state index in [-0.39, 0.29) is 36.7 Å². The number of carbonyl (C=O) groups excluding carboxylic acids is 3. The molecule has 186 valence electrons. The number of fused-ring (bicyclic) bond motifs is 2. The molecular formula is C25H29ClN4O5. The maximum Gasteiger partial charge on any atom is 0.323 e. The van der Waals surface area contributed by atoms with E-state index in [1.54, 1.807) is 73.4 Å². The van der Waals surface area contributed by atoms with Gasteiger partial charge in [-0.1, -0.05) is 17.7 Å². The lowest BCUT2D eigenvalue weighted by Gasteiger charge is -2.42. The van der Waals surface area contributed by atoms with Gasteiger partial charge in [-0.25, -0.2) is 4.79 Å². The summed E-state index contributed by atoms with van der Waals surface area (Å²) in [5.41, 5.74) is 1.36. The van der Waals surface area contributed by atoms with Gasteiger partial charge in [0.2, 0.25) is 5.91 Å². The summed E-state index contributed by atoms with van der Waals surface area (Å²) in [6.07, 6.45) is 1.14. The molecule has 2 aromatic carbocycles. The minimum Gasteiger partial charge on any atom is -0.490 e. The highest BCUT2D eigenvalue weighted by molar-refractivity contribution is 6.30. The van der Waals surface area contributed by atoms with Crippen LogP contribution >= 0.6 is 11.6 Å². The molecule has 2 aliphatic heterocycles. The third kappa shape index (κ3) is 5.86. The van der Waals surface area contributed by atoms with Crippen LogP contribution in [-0.4, -0.2) is 73.6 Å². The quantitative estimate of drug-likeness (QED) is 0.664. The molecule has 0 saturated carbocycles. The van der Waals surface area contributed by atoms with Gasteiger partial charge in [-0.3, -0.25) is 9.59 Å². The lowest BCUT2D eigenvalue weighted by molar-refractivity contribution is -0.140. The first-order valence-electron chi connectivity index (χ1n) is 11.4. The average molecular weight is 501 g/mol. The first-order chi connectivity index (χ1) is 16.7. The van der Waals surface area contributed by atoms with E-state index in [0.717, 1.165) is 0 Å².